The molecule has 0 aromatic carbocycles. The van der Waals surface area contributed by atoms with E-state index in [9.17, 15) is 76.6 Å². The van der Waals surface area contributed by atoms with Crippen LogP contribution in [0.5, 0.6) is 0 Å². The third kappa shape index (κ3) is 44.3. The minimum absolute atomic E-state index is 0.00481. The minimum Gasteiger partial charge on any atom is -0.394 e. The van der Waals surface area contributed by atoms with Crippen molar-refractivity contribution in [2.24, 2.45) is 0 Å². The van der Waals surface area contributed by atoms with Crippen LogP contribution in [0.15, 0.2) is 0 Å². The van der Waals surface area contributed by atoms with E-state index in [1.807, 2.05) is 0 Å². The van der Waals surface area contributed by atoms with Gasteiger partial charge in [0.15, 0.2) is 0 Å². The van der Waals surface area contributed by atoms with Crippen LogP contribution >= 0.6 is 0 Å². The predicted molar refractivity (Wildman–Crippen MR) is 258 cm³/mol. The van der Waals surface area contributed by atoms with Gasteiger partial charge in [-0.05, 0) is 12.8 Å². The Labute approximate surface area is 439 Å². The summed E-state index contributed by atoms with van der Waals surface area (Å²) in [6.07, 6.45) is -13.1. The van der Waals surface area contributed by atoms with Crippen LogP contribution in [0.4, 0.5) is 0 Å². The molecule has 0 spiro atoms. The highest BCUT2D eigenvalue weighted by Crippen LogP contribution is 2.10. The summed E-state index contributed by atoms with van der Waals surface area (Å²) in [5.74, 6) is 0. The van der Waals surface area contributed by atoms with Gasteiger partial charge in [-0.1, -0.05) is 6.92 Å². The van der Waals surface area contributed by atoms with Crippen molar-refractivity contribution in [3.63, 3.8) is 0 Å². The van der Waals surface area contributed by atoms with Crippen LogP contribution in [0, 0.1) is 0 Å². The lowest BCUT2D eigenvalue weighted by Crippen LogP contribution is -2.38. The maximum Gasteiger partial charge on any atom is 0.104 e. The molecule has 0 radical (unpaired) electrons. The zero-order chi connectivity index (χ0) is 55.9. The summed E-state index contributed by atoms with van der Waals surface area (Å²) in [6.45, 7) is -5.12. The van der Waals surface area contributed by atoms with Gasteiger partial charge in [-0.25, -0.2) is 0 Å². The molecular weight excluding hydrogens is 1020 g/mol. The van der Waals surface area contributed by atoms with Gasteiger partial charge in [-0.2, -0.15) is 0 Å². The largest absolute Gasteiger partial charge is 0.394 e. The normalized spacial score (nSPS) is 17.9. The highest BCUT2D eigenvalue weighted by molar-refractivity contribution is 4.69. The Kier molecular flexibility index (Phi) is 50.2. The fraction of sp³-hybridized carbons (Fsp3) is 1.00. The van der Waals surface area contributed by atoms with E-state index in [4.69, 9.17) is 66.3 Å². The van der Waals surface area contributed by atoms with Crippen molar-refractivity contribution in [1.29, 1.82) is 0 Å². The van der Waals surface area contributed by atoms with E-state index in [1.54, 1.807) is 6.92 Å². The molecule has 0 saturated carbocycles. The molecule has 0 aliphatic rings. The number of aliphatic hydroxyl groups excluding tert-OH is 15. The smallest absolute Gasteiger partial charge is 0.104 e. The number of rotatable bonds is 58. The molecule has 29 nitrogen and oxygen atoms in total. The van der Waals surface area contributed by atoms with Crippen molar-refractivity contribution in [2.45, 2.75) is 105 Å². The number of hydrogen-bond donors (Lipinski definition) is 15. The Bertz CT molecular complexity index is 963. The first-order chi connectivity index (χ1) is 36.2. The standard InChI is InChI=1S/C46H94O29/c1-2-33(54)13-62-21-41(22-63-14-34(55)6-47)72-29-45(30-73-42(23-64-15-35(56)7-48)24-65-16-36(57)8-49)70-4-3-5-71-46(31-74-43(25-66-17-37(58)9-50)26-67-18-38(59)10-51)32-75-44(27-68-19-39(60)11-52)28-69-20-40(61)12-53/h33-61H,2-32H2,1H3. The Morgan fingerprint density at radius 2 is 0.400 bits per heavy atom. The van der Waals surface area contributed by atoms with Gasteiger partial charge in [0.2, 0.25) is 0 Å². The minimum atomic E-state index is -1.17. The van der Waals surface area contributed by atoms with Crippen LogP contribution in [-0.2, 0) is 66.3 Å². The van der Waals surface area contributed by atoms with Crippen molar-refractivity contribution >= 4 is 0 Å². The zero-order valence-electron chi connectivity index (χ0n) is 43.4. The average molecular weight is 1110 g/mol. The SMILES string of the molecule is CCC(O)COCC(COCC(O)CO)OCC(COC(COCC(O)CO)COCC(O)CO)OCCCOC(COC(COCC(O)CO)COCC(O)CO)COC(COCC(O)CO)COCC(O)CO. The Morgan fingerprint density at radius 3 is 0.573 bits per heavy atom. The molecule has 0 aromatic heterocycles. The molecule has 75 heavy (non-hydrogen) atoms. The maximum atomic E-state index is 10.0. The van der Waals surface area contributed by atoms with E-state index in [-0.39, 0.29) is 152 Å². The molecule has 0 amide bonds. The van der Waals surface area contributed by atoms with Gasteiger partial charge in [0.05, 0.1) is 184 Å². The van der Waals surface area contributed by atoms with Gasteiger partial charge in [-0.3, -0.25) is 0 Å². The second kappa shape index (κ2) is 51.0. The third-order valence-electron chi connectivity index (χ3n) is 9.93. The average Bonchev–Trinajstić information content (AvgIpc) is 3.41. The number of hydrogen-bond acceptors (Lipinski definition) is 29. The lowest BCUT2D eigenvalue weighted by atomic mass is 10.3. The summed E-state index contributed by atoms with van der Waals surface area (Å²) >= 11 is 0. The van der Waals surface area contributed by atoms with Crippen LogP contribution in [-0.4, -0.2) is 354 Å². The molecule has 0 bridgehead atoms. The monoisotopic (exact) mass is 1110 g/mol. The summed E-state index contributed by atoms with van der Waals surface area (Å²) in [5.41, 5.74) is 0. The molecule has 15 N–H and O–H groups in total. The van der Waals surface area contributed by atoms with Crippen molar-refractivity contribution in [3.05, 3.63) is 0 Å². The van der Waals surface area contributed by atoms with Crippen LogP contribution in [0.25, 0.3) is 0 Å². The van der Waals surface area contributed by atoms with Gasteiger partial charge in [0.25, 0.3) is 0 Å². The molecule has 0 aromatic rings. The van der Waals surface area contributed by atoms with Gasteiger partial charge in [0, 0.05) is 13.2 Å². The molecule has 0 aliphatic carbocycles. The molecule has 0 heterocycles. The quantitative estimate of drug-likeness (QED) is 0.0252. The molecule has 0 fully saturated rings. The summed E-state index contributed by atoms with van der Waals surface area (Å²) in [5, 5.41) is 143. The van der Waals surface area contributed by atoms with Crippen molar-refractivity contribution in [2.75, 3.05) is 192 Å². The Hall–Kier alpha value is -1.16. The van der Waals surface area contributed by atoms with Gasteiger partial charge < -0.3 is 143 Å². The van der Waals surface area contributed by atoms with E-state index >= 15 is 0 Å². The molecule has 0 rings (SSSR count). The Balaban J connectivity index is 6.39. The first kappa shape index (κ1) is 73.8. The first-order valence-electron chi connectivity index (χ1n) is 25.2. The third-order valence-corrected chi connectivity index (χ3v) is 9.93. The van der Waals surface area contributed by atoms with E-state index in [0.29, 0.717) is 6.42 Å². The molecule has 452 valence electrons. The van der Waals surface area contributed by atoms with Crippen LogP contribution in [0.2, 0.25) is 0 Å². The summed E-state index contributed by atoms with van der Waals surface area (Å²) in [7, 11) is 0. The fourth-order valence-corrected chi connectivity index (χ4v) is 5.57. The van der Waals surface area contributed by atoms with E-state index in [1.165, 1.54) is 0 Å². The summed E-state index contributed by atoms with van der Waals surface area (Å²) < 4.78 is 81.1. The zero-order valence-corrected chi connectivity index (χ0v) is 43.4. The molecule has 0 saturated heterocycles. The van der Waals surface area contributed by atoms with Crippen molar-refractivity contribution < 1.29 is 143 Å². The predicted octanol–water partition coefficient (Wildman–Crippen LogP) is -7.94. The van der Waals surface area contributed by atoms with E-state index in [2.05, 4.69) is 0 Å². The van der Waals surface area contributed by atoms with Crippen molar-refractivity contribution in [3.8, 4) is 0 Å². The highest BCUT2D eigenvalue weighted by atomic mass is 16.6. The molecule has 0 aliphatic heterocycles. The van der Waals surface area contributed by atoms with E-state index < -0.39 is 132 Å². The topological polar surface area (TPSA) is 433 Å². The molecular formula is C46H94O29. The van der Waals surface area contributed by atoms with Gasteiger partial charge in [0.1, 0.15) is 79.4 Å². The first-order valence-corrected chi connectivity index (χ1v) is 25.2. The lowest BCUT2D eigenvalue weighted by Gasteiger charge is -2.27. The van der Waals surface area contributed by atoms with Crippen LogP contribution in [0.3, 0.4) is 0 Å². The molecule has 10 unspecified atom stereocenters. The summed E-state index contributed by atoms with van der Waals surface area (Å²) in [4.78, 5) is 0. The molecule has 10 atom stereocenters. The van der Waals surface area contributed by atoms with Crippen LogP contribution in [0.1, 0.15) is 19.8 Å². The van der Waals surface area contributed by atoms with Crippen LogP contribution < -0.4 is 0 Å². The summed E-state index contributed by atoms with van der Waals surface area (Å²) in [6, 6.07) is 0. The highest BCUT2D eigenvalue weighted by Gasteiger charge is 2.23. The second-order valence-corrected chi connectivity index (χ2v) is 17.4. The lowest BCUT2D eigenvalue weighted by molar-refractivity contribution is -0.146. The second-order valence-electron chi connectivity index (χ2n) is 17.4. The molecule has 29 heteroatoms. The maximum absolute atomic E-state index is 10.0. The fourth-order valence-electron chi connectivity index (χ4n) is 5.57. The van der Waals surface area contributed by atoms with Crippen molar-refractivity contribution in [1.82, 2.24) is 0 Å². The number of ether oxygens (including phenoxy) is 14. The Morgan fingerprint density at radius 1 is 0.227 bits per heavy atom. The van der Waals surface area contributed by atoms with Gasteiger partial charge >= 0.3 is 0 Å². The number of aliphatic hydroxyl groups is 15. The van der Waals surface area contributed by atoms with Gasteiger partial charge in [-0.15, -0.1) is 0 Å². The van der Waals surface area contributed by atoms with E-state index in [0.717, 1.165) is 0 Å².